The minimum atomic E-state index is 0. The Hall–Kier alpha value is -1.64. The van der Waals surface area contributed by atoms with Crippen LogP contribution in [0.1, 0.15) is 0 Å². The summed E-state index contributed by atoms with van der Waals surface area (Å²) < 4.78 is 7.56. The molecule has 4 rings (SSSR count). The van der Waals surface area contributed by atoms with Gasteiger partial charge in [0.25, 0.3) is 0 Å². The average molecular weight is 399 g/mol. The first-order valence-corrected chi connectivity index (χ1v) is 5.08. The van der Waals surface area contributed by atoms with E-state index in [4.69, 9.17) is 4.42 Å². The first kappa shape index (κ1) is 10.5. The average Bonchev–Trinajstić information content (AvgIpc) is 2.98. The predicted molar refractivity (Wildman–Crippen MR) is 61.3 cm³/mol. The Labute approximate surface area is 110 Å². The molecule has 1 aromatic carbocycles. The Balaban J connectivity index is 0.000000902. The van der Waals surface area contributed by atoms with Gasteiger partial charge in [0.05, 0.1) is 0 Å². The molecule has 0 spiro atoms. The number of para-hydroxylation sites is 1. The minimum absolute atomic E-state index is 0. The number of aromatic nitrogens is 2. The van der Waals surface area contributed by atoms with Gasteiger partial charge in [-0.15, -0.1) is 11.5 Å². The summed E-state index contributed by atoms with van der Waals surface area (Å²) in [7, 11) is 0. The molecule has 0 amide bonds. The van der Waals surface area contributed by atoms with E-state index in [-0.39, 0.29) is 20.1 Å². The van der Waals surface area contributed by atoms with Crippen LogP contribution < -0.4 is 0 Å². The fourth-order valence-corrected chi connectivity index (χ4v) is 2.19. The van der Waals surface area contributed by atoms with Crippen LogP contribution >= 0.6 is 0 Å². The quantitative estimate of drug-likeness (QED) is 0.426. The van der Waals surface area contributed by atoms with Crippen molar-refractivity contribution in [2.45, 2.75) is 0 Å². The summed E-state index contributed by atoms with van der Waals surface area (Å²) in [4.78, 5) is 4.34. The van der Waals surface area contributed by atoms with E-state index in [2.05, 4.69) is 27.6 Å². The molecule has 3 nitrogen and oxygen atoms in total. The van der Waals surface area contributed by atoms with Crippen molar-refractivity contribution >= 4 is 27.5 Å². The maximum absolute atomic E-state index is 5.50. The summed E-state index contributed by atoms with van der Waals surface area (Å²) in [5.41, 5.74) is 2.85. The van der Waals surface area contributed by atoms with Crippen molar-refractivity contribution in [2.24, 2.45) is 0 Å². The SMILES string of the molecule is [Ir].[c-]1coc2c1c1nccn1c1ccccc21. The molecule has 0 aliphatic carbocycles. The molecule has 3 heterocycles. The summed E-state index contributed by atoms with van der Waals surface area (Å²) in [6.45, 7) is 0. The summed E-state index contributed by atoms with van der Waals surface area (Å²) in [5.74, 6) is 0. The van der Waals surface area contributed by atoms with Gasteiger partial charge in [0.1, 0.15) is 0 Å². The number of hydrogen-bond donors (Lipinski definition) is 0. The number of imidazole rings is 1. The zero-order valence-electron chi connectivity index (χ0n) is 8.68. The third kappa shape index (κ3) is 1.28. The molecule has 4 heteroatoms. The molecule has 3 aromatic heterocycles. The smallest absolute Gasteiger partial charge is 0.0349 e. The molecule has 0 N–H and O–H groups in total. The van der Waals surface area contributed by atoms with Crippen LogP contribution in [0.3, 0.4) is 0 Å². The van der Waals surface area contributed by atoms with E-state index in [9.17, 15) is 0 Å². The monoisotopic (exact) mass is 400 g/mol. The Morgan fingerprint density at radius 2 is 2.12 bits per heavy atom. The van der Waals surface area contributed by atoms with Crippen LogP contribution in [0.2, 0.25) is 0 Å². The summed E-state index contributed by atoms with van der Waals surface area (Å²) in [6, 6.07) is 11.2. The molecule has 0 saturated carbocycles. The number of fused-ring (bicyclic) bond motifs is 6. The maximum atomic E-state index is 5.50. The van der Waals surface area contributed by atoms with Crippen LogP contribution in [0.15, 0.2) is 47.3 Å². The minimum Gasteiger partial charge on any atom is -0.535 e. The van der Waals surface area contributed by atoms with Crippen LogP contribution in [0.4, 0.5) is 0 Å². The standard InChI is InChI=1S/C13H7N2O.Ir/c1-2-4-11-9(3-1)12-10(5-8-16-12)13-14-6-7-15(11)13;/h1-4,6-8H;/q-1;. The summed E-state index contributed by atoms with van der Waals surface area (Å²) >= 11 is 0. The predicted octanol–water partition coefficient (Wildman–Crippen LogP) is 3.03. The molecular formula is C13H7IrN2O-. The first-order valence-electron chi connectivity index (χ1n) is 5.08. The fourth-order valence-electron chi connectivity index (χ4n) is 2.19. The van der Waals surface area contributed by atoms with E-state index in [0.717, 1.165) is 27.5 Å². The van der Waals surface area contributed by atoms with Crippen molar-refractivity contribution in [1.29, 1.82) is 0 Å². The van der Waals surface area contributed by atoms with Crippen molar-refractivity contribution in [3.05, 3.63) is 49.0 Å². The van der Waals surface area contributed by atoms with Gasteiger partial charge in [-0.05, 0) is 11.5 Å². The van der Waals surface area contributed by atoms with Gasteiger partial charge >= 0.3 is 0 Å². The van der Waals surface area contributed by atoms with Gasteiger partial charge in [-0.1, -0.05) is 18.2 Å². The summed E-state index contributed by atoms with van der Waals surface area (Å²) in [5, 5.41) is 2.02. The number of furan rings is 1. The van der Waals surface area contributed by atoms with Crippen LogP contribution in [-0.4, -0.2) is 9.38 Å². The van der Waals surface area contributed by atoms with Gasteiger partial charge in [0.15, 0.2) is 0 Å². The molecule has 0 bridgehead atoms. The maximum Gasteiger partial charge on any atom is 0.0349 e. The van der Waals surface area contributed by atoms with Gasteiger partial charge in [-0.3, -0.25) is 0 Å². The van der Waals surface area contributed by atoms with Gasteiger partial charge in [0, 0.05) is 55.5 Å². The number of hydrogen-bond acceptors (Lipinski definition) is 2. The van der Waals surface area contributed by atoms with Crippen LogP contribution in [-0.2, 0) is 20.1 Å². The Morgan fingerprint density at radius 3 is 3.06 bits per heavy atom. The zero-order valence-corrected chi connectivity index (χ0v) is 11.1. The van der Waals surface area contributed by atoms with E-state index < -0.39 is 0 Å². The Bertz CT molecular complexity index is 747. The van der Waals surface area contributed by atoms with Crippen LogP contribution in [0, 0.1) is 6.07 Å². The van der Waals surface area contributed by atoms with Crippen molar-refractivity contribution in [3.8, 4) is 0 Å². The van der Waals surface area contributed by atoms with Crippen molar-refractivity contribution in [3.63, 3.8) is 0 Å². The topological polar surface area (TPSA) is 30.4 Å². The van der Waals surface area contributed by atoms with E-state index in [1.54, 1.807) is 12.5 Å². The molecule has 1 radical (unpaired) electrons. The second-order valence-electron chi connectivity index (χ2n) is 3.72. The summed E-state index contributed by atoms with van der Waals surface area (Å²) in [6.07, 6.45) is 5.34. The molecule has 0 fully saturated rings. The van der Waals surface area contributed by atoms with E-state index in [0.29, 0.717) is 0 Å². The Kier molecular flexibility index (Phi) is 2.28. The number of benzene rings is 1. The van der Waals surface area contributed by atoms with Crippen LogP contribution in [0.5, 0.6) is 0 Å². The van der Waals surface area contributed by atoms with E-state index >= 15 is 0 Å². The van der Waals surface area contributed by atoms with E-state index in [1.165, 1.54) is 0 Å². The molecule has 17 heavy (non-hydrogen) atoms. The molecule has 0 unspecified atom stereocenters. The largest absolute Gasteiger partial charge is 0.535 e. The van der Waals surface area contributed by atoms with Gasteiger partial charge < -0.3 is 13.8 Å². The molecular weight excluding hydrogens is 392 g/mol. The fraction of sp³-hybridized carbons (Fsp3) is 0. The van der Waals surface area contributed by atoms with E-state index in [1.807, 2.05) is 18.3 Å². The van der Waals surface area contributed by atoms with Gasteiger partial charge in [0.2, 0.25) is 0 Å². The molecule has 0 saturated heterocycles. The van der Waals surface area contributed by atoms with Gasteiger partial charge in [-0.25, -0.2) is 0 Å². The third-order valence-electron chi connectivity index (χ3n) is 2.88. The third-order valence-corrected chi connectivity index (χ3v) is 2.88. The molecule has 85 valence electrons. The van der Waals surface area contributed by atoms with Gasteiger partial charge in [-0.2, -0.15) is 0 Å². The second kappa shape index (κ2) is 3.69. The molecule has 0 aliphatic heterocycles. The molecule has 0 atom stereocenters. The van der Waals surface area contributed by atoms with Crippen molar-refractivity contribution in [1.82, 2.24) is 9.38 Å². The first-order chi connectivity index (χ1) is 7.95. The van der Waals surface area contributed by atoms with Crippen molar-refractivity contribution in [2.75, 3.05) is 0 Å². The normalized spacial score (nSPS) is 11.1. The zero-order chi connectivity index (χ0) is 10.5. The number of pyridine rings is 1. The molecule has 4 aromatic rings. The Morgan fingerprint density at radius 1 is 1.24 bits per heavy atom. The number of rotatable bonds is 0. The van der Waals surface area contributed by atoms with Crippen LogP contribution in [0.25, 0.3) is 27.5 Å². The van der Waals surface area contributed by atoms with Crippen molar-refractivity contribution < 1.29 is 24.5 Å². The second-order valence-corrected chi connectivity index (χ2v) is 3.72. The number of nitrogens with zero attached hydrogens (tertiary/aromatic N) is 2. The molecule has 0 aliphatic rings.